The van der Waals surface area contributed by atoms with Crippen LogP contribution in [0.15, 0.2) is 23.2 Å². The molecule has 1 aromatic heterocycles. The van der Waals surface area contributed by atoms with Crippen LogP contribution in [0.3, 0.4) is 0 Å². The molecule has 100 valence electrons. The van der Waals surface area contributed by atoms with Gasteiger partial charge >= 0.3 is 0 Å². The Hall–Kier alpha value is -1.22. The van der Waals surface area contributed by atoms with E-state index in [9.17, 15) is 13.5 Å². The van der Waals surface area contributed by atoms with Crippen LogP contribution in [-0.2, 0) is 10.0 Å². The lowest BCUT2D eigenvalue weighted by molar-refractivity contribution is 0.108. The van der Waals surface area contributed by atoms with E-state index in [2.05, 4.69) is 10.4 Å². The highest BCUT2D eigenvalue weighted by Crippen LogP contribution is 2.24. The smallest absolute Gasteiger partial charge is 0.246 e. The molecule has 0 aliphatic carbocycles. The number of aliphatic hydroxyl groups excluding tert-OH is 1. The summed E-state index contributed by atoms with van der Waals surface area (Å²) in [6.45, 7) is 0.513. The Morgan fingerprint density at radius 2 is 2.33 bits per heavy atom. The van der Waals surface area contributed by atoms with Gasteiger partial charge in [0.2, 0.25) is 10.0 Å². The SMILES string of the molecule is NNc1ncccc1S(=O)(=O)N1CCCC(O)C1. The van der Waals surface area contributed by atoms with Crippen molar-refractivity contribution in [1.82, 2.24) is 9.29 Å². The number of pyridine rings is 1. The summed E-state index contributed by atoms with van der Waals surface area (Å²) in [4.78, 5) is 3.90. The van der Waals surface area contributed by atoms with Crippen molar-refractivity contribution in [2.45, 2.75) is 23.8 Å². The van der Waals surface area contributed by atoms with Crippen LogP contribution < -0.4 is 11.3 Å². The Bertz CT molecular complexity index is 520. The quantitative estimate of drug-likeness (QED) is 0.506. The molecular weight excluding hydrogens is 256 g/mol. The van der Waals surface area contributed by atoms with Gasteiger partial charge in [-0.15, -0.1) is 0 Å². The van der Waals surface area contributed by atoms with E-state index in [0.717, 1.165) is 0 Å². The second-order valence-electron chi connectivity index (χ2n) is 4.15. The van der Waals surface area contributed by atoms with Crippen molar-refractivity contribution in [1.29, 1.82) is 0 Å². The van der Waals surface area contributed by atoms with Gasteiger partial charge in [0.05, 0.1) is 6.10 Å². The number of hydrogen-bond acceptors (Lipinski definition) is 6. The van der Waals surface area contributed by atoms with Crippen LogP contribution in [0.1, 0.15) is 12.8 Å². The summed E-state index contributed by atoms with van der Waals surface area (Å²) < 4.78 is 26.0. The number of β-amino-alcohol motifs (C(OH)–C–C–N with tert-alkyl or cyclic N) is 1. The Labute approximate surface area is 106 Å². The highest BCUT2D eigenvalue weighted by molar-refractivity contribution is 7.89. The van der Waals surface area contributed by atoms with Crippen molar-refractivity contribution in [3.05, 3.63) is 18.3 Å². The van der Waals surface area contributed by atoms with Crippen molar-refractivity contribution in [2.24, 2.45) is 5.84 Å². The molecule has 1 fully saturated rings. The van der Waals surface area contributed by atoms with E-state index in [0.29, 0.717) is 19.4 Å². The Morgan fingerprint density at radius 1 is 1.56 bits per heavy atom. The third-order valence-corrected chi connectivity index (χ3v) is 4.78. The first-order valence-electron chi connectivity index (χ1n) is 5.65. The maximum atomic E-state index is 12.4. The number of nitrogens with two attached hydrogens (primary N) is 1. The average molecular weight is 272 g/mol. The molecule has 0 saturated carbocycles. The molecule has 0 spiro atoms. The van der Waals surface area contributed by atoms with Crippen molar-refractivity contribution in [2.75, 3.05) is 18.5 Å². The minimum atomic E-state index is -3.67. The van der Waals surface area contributed by atoms with Crippen LogP contribution >= 0.6 is 0 Å². The van der Waals surface area contributed by atoms with Gasteiger partial charge in [-0.1, -0.05) is 0 Å². The maximum Gasteiger partial charge on any atom is 0.246 e. The summed E-state index contributed by atoms with van der Waals surface area (Å²) in [6, 6.07) is 2.98. The number of hydrazine groups is 1. The van der Waals surface area contributed by atoms with E-state index in [1.54, 1.807) is 0 Å². The molecule has 1 saturated heterocycles. The Balaban J connectivity index is 2.35. The van der Waals surface area contributed by atoms with E-state index in [1.165, 1.54) is 22.6 Å². The number of anilines is 1. The maximum absolute atomic E-state index is 12.4. The summed E-state index contributed by atoms with van der Waals surface area (Å²) >= 11 is 0. The van der Waals surface area contributed by atoms with E-state index < -0.39 is 16.1 Å². The summed E-state index contributed by atoms with van der Waals surface area (Å²) in [5.74, 6) is 5.37. The van der Waals surface area contributed by atoms with Crippen molar-refractivity contribution < 1.29 is 13.5 Å². The summed E-state index contributed by atoms with van der Waals surface area (Å²) in [7, 11) is -3.67. The fourth-order valence-corrected chi connectivity index (χ4v) is 3.61. The fraction of sp³-hybridized carbons (Fsp3) is 0.500. The highest BCUT2D eigenvalue weighted by Gasteiger charge is 2.31. The highest BCUT2D eigenvalue weighted by atomic mass is 32.2. The van der Waals surface area contributed by atoms with Crippen molar-refractivity contribution in [3.8, 4) is 0 Å². The summed E-state index contributed by atoms with van der Waals surface area (Å²) in [6.07, 6.45) is 2.12. The first-order valence-corrected chi connectivity index (χ1v) is 7.09. The van der Waals surface area contributed by atoms with Gasteiger partial charge < -0.3 is 10.5 Å². The zero-order chi connectivity index (χ0) is 13.2. The van der Waals surface area contributed by atoms with Crippen LogP contribution in [0, 0.1) is 0 Å². The molecule has 7 nitrogen and oxygen atoms in total. The van der Waals surface area contributed by atoms with E-state index in [1.807, 2.05) is 0 Å². The van der Waals surface area contributed by atoms with Crippen LogP contribution in [0.4, 0.5) is 5.82 Å². The number of sulfonamides is 1. The second-order valence-corrected chi connectivity index (χ2v) is 6.06. The van der Waals surface area contributed by atoms with Gasteiger partial charge in [0.15, 0.2) is 5.82 Å². The number of nitrogens with one attached hydrogen (secondary N) is 1. The van der Waals surface area contributed by atoms with Gasteiger partial charge in [0, 0.05) is 19.3 Å². The first kappa shape index (κ1) is 13.2. The lowest BCUT2D eigenvalue weighted by atomic mass is 10.1. The number of nitrogen functional groups attached to an aromatic ring is 1. The first-order chi connectivity index (χ1) is 8.55. The molecular formula is C10H16N4O3S. The van der Waals surface area contributed by atoms with Crippen LogP contribution in [0.5, 0.6) is 0 Å². The van der Waals surface area contributed by atoms with E-state index in [4.69, 9.17) is 5.84 Å². The lowest BCUT2D eigenvalue weighted by Gasteiger charge is -2.29. The number of rotatable bonds is 3. The average Bonchev–Trinajstić information content (AvgIpc) is 2.38. The molecule has 8 heteroatoms. The molecule has 1 aliphatic rings. The second kappa shape index (κ2) is 5.19. The Kier molecular flexibility index (Phi) is 3.81. The molecule has 4 N–H and O–H groups in total. The van der Waals surface area contributed by atoms with Gasteiger partial charge in [-0.2, -0.15) is 4.31 Å². The zero-order valence-corrected chi connectivity index (χ0v) is 10.6. The van der Waals surface area contributed by atoms with Gasteiger partial charge in [-0.05, 0) is 25.0 Å². The number of aliphatic hydroxyl groups is 1. The predicted octanol–water partition coefficient (Wildman–Crippen LogP) is -0.487. The summed E-state index contributed by atoms with van der Waals surface area (Å²) in [5, 5.41) is 9.55. The van der Waals surface area contributed by atoms with E-state index >= 15 is 0 Å². The van der Waals surface area contributed by atoms with E-state index in [-0.39, 0.29) is 17.3 Å². The molecule has 1 atom stereocenters. The molecule has 2 rings (SSSR count). The number of hydrogen-bond donors (Lipinski definition) is 3. The predicted molar refractivity (Wildman–Crippen MR) is 66.0 cm³/mol. The molecule has 1 unspecified atom stereocenters. The fourth-order valence-electron chi connectivity index (χ4n) is 1.99. The van der Waals surface area contributed by atoms with Crippen molar-refractivity contribution >= 4 is 15.8 Å². The van der Waals surface area contributed by atoms with Gasteiger partial charge in [-0.25, -0.2) is 19.2 Å². The van der Waals surface area contributed by atoms with Crippen LogP contribution in [0.2, 0.25) is 0 Å². The van der Waals surface area contributed by atoms with Gasteiger partial charge in [0.1, 0.15) is 4.90 Å². The molecule has 18 heavy (non-hydrogen) atoms. The Morgan fingerprint density at radius 3 is 3.00 bits per heavy atom. The zero-order valence-electron chi connectivity index (χ0n) is 9.78. The third kappa shape index (κ3) is 2.46. The molecule has 0 aromatic carbocycles. The standard InChI is InChI=1S/C10H16N4O3S/c11-13-10-9(4-1-5-12-10)18(16,17)14-6-2-3-8(15)7-14/h1,4-5,8,15H,2-3,6-7,11H2,(H,12,13). The molecule has 2 heterocycles. The molecule has 1 aromatic rings. The molecule has 1 aliphatic heterocycles. The number of nitrogens with zero attached hydrogens (tertiary/aromatic N) is 2. The number of piperidine rings is 1. The van der Waals surface area contributed by atoms with Crippen LogP contribution in [0.25, 0.3) is 0 Å². The van der Waals surface area contributed by atoms with Gasteiger partial charge in [0.25, 0.3) is 0 Å². The topological polar surface area (TPSA) is 109 Å². The molecule has 0 radical (unpaired) electrons. The largest absolute Gasteiger partial charge is 0.392 e. The minimum absolute atomic E-state index is 0.0293. The number of aromatic nitrogens is 1. The van der Waals surface area contributed by atoms with Crippen LogP contribution in [-0.4, -0.2) is 42.0 Å². The minimum Gasteiger partial charge on any atom is -0.392 e. The van der Waals surface area contributed by atoms with Crippen molar-refractivity contribution in [3.63, 3.8) is 0 Å². The van der Waals surface area contributed by atoms with Gasteiger partial charge in [-0.3, -0.25) is 0 Å². The molecule has 0 amide bonds. The monoisotopic (exact) mass is 272 g/mol. The lowest BCUT2D eigenvalue weighted by Crippen LogP contribution is -2.42. The third-order valence-electron chi connectivity index (χ3n) is 2.88. The molecule has 0 bridgehead atoms. The summed E-state index contributed by atoms with van der Waals surface area (Å²) in [5.41, 5.74) is 2.27. The normalized spacial score (nSPS) is 21.8.